The van der Waals surface area contributed by atoms with Crippen LogP contribution in [0.4, 0.5) is 34.1 Å². The number of ketones is 1. The van der Waals surface area contributed by atoms with Crippen LogP contribution in [0, 0.1) is 0 Å². The average molecular weight is 769 g/mol. The molecule has 4 bridgehead atoms. The highest BCUT2D eigenvalue weighted by Crippen LogP contribution is 2.48. The first-order chi connectivity index (χ1) is 29.7. The van der Waals surface area contributed by atoms with Crippen LogP contribution in [0.15, 0.2) is 218 Å². The molecule has 11 aromatic rings. The van der Waals surface area contributed by atoms with Gasteiger partial charge in [0.15, 0.2) is 5.78 Å². The van der Waals surface area contributed by atoms with Gasteiger partial charge in [0.05, 0.1) is 33.4 Å². The molecule has 2 aromatic heterocycles. The number of aromatic nitrogens is 2. The molecule has 60 heavy (non-hydrogen) atoms. The lowest BCUT2D eigenvalue weighted by molar-refractivity contribution is 0.103. The van der Waals surface area contributed by atoms with Crippen LogP contribution in [-0.2, 0) is 0 Å². The summed E-state index contributed by atoms with van der Waals surface area (Å²) < 4.78 is 4.60. The van der Waals surface area contributed by atoms with Crippen molar-refractivity contribution in [2.45, 2.75) is 0 Å². The molecule has 9 aromatic carbocycles. The van der Waals surface area contributed by atoms with Gasteiger partial charge in [-0.1, -0.05) is 121 Å². The summed E-state index contributed by atoms with van der Waals surface area (Å²) in [4.78, 5) is 20.2. The fourth-order valence-corrected chi connectivity index (χ4v) is 9.39. The molecule has 5 nitrogen and oxygen atoms in total. The fraction of sp³-hybridized carbons (Fsp3) is 0. The van der Waals surface area contributed by atoms with Gasteiger partial charge in [0.2, 0.25) is 0 Å². The number of nitrogens with zero attached hydrogens (tertiary/aromatic N) is 4. The molecule has 0 unspecified atom stereocenters. The molecule has 0 N–H and O–H groups in total. The molecule has 0 amide bonds. The molecule has 1 aliphatic rings. The van der Waals surface area contributed by atoms with Gasteiger partial charge in [-0.25, -0.2) is 0 Å². The second kappa shape index (κ2) is 13.5. The van der Waals surface area contributed by atoms with Gasteiger partial charge in [0, 0.05) is 66.8 Å². The molecule has 0 spiro atoms. The van der Waals surface area contributed by atoms with Crippen molar-refractivity contribution in [3.63, 3.8) is 0 Å². The normalized spacial score (nSPS) is 12.6. The Morgan fingerprint density at radius 1 is 0.267 bits per heavy atom. The third kappa shape index (κ3) is 5.23. The number of carbonyl (C=O) groups is 1. The van der Waals surface area contributed by atoms with Gasteiger partial charge >= 0.3 is 0 Å². The van der Waals surface area contributed by atoms with Crippen molar-refractivity contribution >= 4 is 83.5 Å². The van der Waals surface area contributed by atoms with Crippen molar-refractivity contribution in [2.24, 2.45) is 0 Å². The van der Waals surface area contributed by atoms with Crippen LogP contribution in [-0.4, -0.2) is 14.9 Å². The maximum atomic E-state index is 15.6. The highest BCUT2D eigenvalue weighted by Gasteiger charge is 2.27. The van der Waals surface area contributed by atoms with E-state index in [4.69, 9.17) is 0 Å². The lowest BCUT2D eigenvalue weighted by Crippen LogP contribution is -2.17. The Morgan fingerprint density at radius 3 is 0.933 bits per heavy atom. The van der Waals surface area contributed by atoms with E-state index in [2.05, 4.69) is 225 Å². The third-order valence-electron chi connectivity index (χ3n) is 11.9. The molecule has 0 saturated heterocycles. The minimum absolute atomic E-state index is 0.0605. The van der Waals surface area contributed by atoms with Gasteiger partial charge in [0.1, 0.15) is 0 Å². The second-order valence-electron chi connectivity index (χ2n) is 15.4. The van der Waals surface area contributed by atoms with Gasteiger partial charge in [0.25, 0.3) is 0 Å². The van der Waals surface area contributed by atoms with E-state index in [1.54, 1.807) is 0 Å². The summed E-state index contributed by atoms with van der Waals surface area (Å²) >= 11 is 0. The van der Waals surface area contributed by atoms with Crippen LogP contribution in [0.25, 0.3) is 55.0 Å². The van der Waals surface area contributed by atoms with Gasteiger partial charge in [-0.2, -0.15) is 0 Å². The van der Waals surface area contributed by atoms with Gasteiger partial charge < -0.3 is 18.9 Å². The SMILES string of the molecule is O=C1c2cc(cc(-n3c4ccccc4c4ccccc43)c2)N(c2ccccc2)c2ccccc2N(c2ccccc2)c2cc1cc(-n1c3ccccc3c3ccccc31)c2. The first-order valence-electron chi connectivity index (χ1n) is 20.3. The number of hydrogen-bond acceptors (Lipinski definition) is 3. The molecule has 0 radical (unpaired) electrons. The first-order valence-corrected chi connectivity index (χ1v) is 20.3. The predicted octanol–water partition coefficient (Wildman–Crippen LogP) is 14.4. The largest absolute Gasteiger partial charge is 0.309 e. The van der Waals surface area contributed by atoms with E-state index in [9.17, 15) is 0 Å². The number of benzene rings is 9. The molecular weight excluding hydrogens is 733 g/mol. The summed E-state index contributed by atoms with van der Waals surface area (Å²) in [6.07, 6.45) is 0. The van der Waals surface area contributed by atoms with Crippen molar-refractivity contribution in [3.05, 3.63) is 230 Å². The summed E-state index contributed by atoms with van der Waals surface area (Å²) in [7, 11) is 0. The molecule has 0 atom stereocenters. The van der Waals surface area contributed by atoms with Gasteiger partial charge in [-0.05, 0) is 97.1 Å². The summed E-state index contributed by atoms with van der Waals surface area (Å²) in [5.74, 6) is -0.0605. The summed E-state index contributed by atoms with van der Waals surface area (Å²) in [6, 6.07) is 76.3. The van der Waals surface area contributed by atoms with Crippen LogP contribution < -0.4 is 9.80 Å². The van der Waals surface area contributed by atoms with Crippen LogP contribution in [0.3, 0.4) is 0 Å². The highest BCUT2D eigenvalue weighted by molar-refractivity contribution is 6.14. The Balaban J connectivity index is 1.22. The van der Waals surface area contributed by atoms with Crippen molar-refractivity contribution in [3.8, 4) is 11.4 Å². The number of hydrogen-bond donors (Lipinski definition) is 0. The van der Waals surface area contributed by atoms with Gasteiger partial charge in [-0.15, -0.1) is 0 Å². The Hall–Kier alpha value is -8.15. The average Bonchev–Trinajstić information content (AvgIpc) is 3.83. The minimum atomic E-state index is -0.0605. The molecule has 282 valence electrons. The van der Waals surface area contributed by atoms with Crippen molar-refractivity contribution < 1.29 is 4.79 Å². The van der Waals surface area contributed by atoms with E-state index in [1.165, 1.54) is 0 Å². The van der Waals surface area contributed by atoms with Crippen LogP contribution in [0.2, 0.25) is 0 Å². The summed E-state index contributed by atoms with van der Waals surface area (Å²) in [5, 5.41) is 4.65. The minimum Gasteiger partial charge on any atom is -0.309 e. The van der Waals surface area contributed by atoms with E-state index in [0.717, 1.165) is 89.1 Å². The lowest BCUT2D eigenvalue weighted by Gasteiger charge is -2.33. The molecule has 5 heteroatoms. The number of para-hydroxylation sites is 8. The molecule has 0 aliphatic carbocycles. The first kappa shape index (κ1) is 33.9. The third-order valence-corrected chi connectivity index (χ3v) is 11.9. The summed E-state index contributed by atoms with van der Waals surface area (Å²) in [6.45, 7) is 0. The van der Waals surface area contributed by atoms with E-state index in [-0.39, 0.29) is 5.78 Å². The van der Waals surface area contributed by atoms with Crippen LogP contribution >= 0.6 is 0 Å². The van der Waals surface area contributed by atoms with Crippen molar-refractivity contribution in [1.82, 2.24) is 9.13 Å². The van der Waals surface area contributed by atoms with E-state index in [0.29, 0.717) is 11.1 Å². The highest BCUT2D eigenvalue weighted by atomic mass is 16.1. The zero-order valence-corrected chi connectivity index (χ0v) is 32.5. The quantitative estimate of drug-likeness (QED) is 0.179. The summed E-state index contributed by atoms with van der Waals surface area (Å²) in [5.41, 5.74) is 13.0. The smallest absolute Gasteiger partial charge is 0.193 e. The number of fused-ring (bicyclic) bond motifs is 11. The van der Waals surface area contributed by atoms with Crippen molar-refractivity contribution in [2.75, 3.05) is 9.80 Å². The van der Waals surface area contributed by atoms with Crippen molar-refractivity contribution in [1.29, 1.82) is 0 Å². The predicted molar refractivity (Wildman–Crippen MR) is 248 cm³/mol. The zero-order valence-electron chi connectivity index (χ0n) is 32.5. The standard InChI is InChI=1S/C55H36N4O/c60-55-37-31-41(35-43(33-37)58-49-25-11-7-21-45(49)46-22-8-12-26-50(46)58)56(39-17-3-1-4-18-39)53-29-15-16-30-54(53)57(40-19-5-2-6-20-40)42-32-38(55)34-44(36-42)59-51-27-13-9-23-47(51)48-24-10-14-28-52(48)59/h1-36H. The lowest BCUT2D eigenvalue weighted by atomic mass is 9.99. The van der Waals surface area contributed by atoms with E-state index < -0.39 is 0 Å². The maximum Gasteiger partial charge on any atom is 0.193 e. The molecular formula is C55H36N4O. The fourth-order valence-electron chi connectivity index (χ4n) is 9.39. The number of anilines is 6. The van der Waals surface area contributed by atoms with E-state index in [1.807, 2.05) is 12.1 Å². The Labute approximate surface area is 346 Å². The maximum absolute atomic E-state index is 15.6. The monoisotopic (exact) mass is 768 g/mol. The zero-order chi connectivity index (χ0) is 39.7. The molecule has 0 saturated carbocycles. The van der Waals surface area contributed by atoms with Crippen LogP contribution in [0.1, 0.15) is 15.9 Å². The van der Waals surface area contributed by atoms with Gasteiger partial charge in [-0.3, -0.25) is 4.79 Å². The number of carbonyl (C=O) groups excluding carboxylic acids is 1. The number of rotatable bonds is 4. The Morgan fingerprint density at radius 2 is 0.567 bits per heavy atom. The molecule has 12 rings (SSSR count). The molecule has 3 heterocycles. The Bertz CT molecular complexity index is 3140. The topological polar surface area (TPSA) is 33.4 Å². The van der Waals surface area contributed by atoms with E-state index >= 15 is 4.79 Å². The van der Waals surface area contributed by atoms with Crippen LogP contribution in [0.5, 0.6) is 0 Å². The molecule has 1 aliphatic heterocycles. The second-order valence-corrected chi connectivity index (χ2v) is 15.4. The Kier molecular flexibility index (Phi) is 7.62. The molecule has 0 fully saturated rings.